The van der Waals surface area contributed by atoms with Crippen LogP contribution in [0.5, 0.6) is 0 Å². The number of hydrogen-bond acceptors (Lipinski definition) is 4. The average Bonchev–Trinajstić information content (AvgIpc) is 3.36. The first-order chi connectivity index (χ1) is 14.8. The Morgan fingerprint density at radius 2 is 1.94 bits per heavy atom. The molecule has 0 saturated carbocycles. The van der Waals surface area contributed by atoms with Gasteiger partial charge in [-0.05, 0) is 35.7 Å². The third kappa shape index (κ3) is 4.66. The van der Waals surface area contributed by atoms with Crippen LogP contribution >= 0.6 is 0 Å². The lowest BCUT2D eigenvalue weighted by Crippen LogP contribution is -2.23. The molecule has 0 aliphatic carbocycles. The molecule has 0 spiro atoms. The van der Waals surface area contributed by atoms with E-state index in [-0.39, 0.29) is 30.1 Å². The van der Waals surface area contributed by atoms with Crippen LogP contribution in [0, 0.1) is 5.82 Å². The van der Waals surface area contributed by atoms with Crippen molar-refractivity contribution in [2.24, 2.45) is 0 Å². The maximum atomic E-state index is 13.9. The fourth-order valence-electron chi connectivity index (χ4n) is 3.47. The number of benzene rings is 2. The average molecular weight is 420 g/mol. The smallest absolute Gasteiger partial charge is 0.232 e. The third-order valence-corrected chi connectivity index (χ3v) is 5.09. The number of nitrogens with one attached hydrogen (secondary N) is 2. The second-order valence-corrected chi connectivity index (χ2v) is 8.58. The van der Waals surface area contributed by atoms with Gasteiger partial charge in [-0.3, -0.25) is 4.79 Å². The number of halogens is 1. The molecule has 4 aromatic rings. The predicted octanol–water partition coefficient (Wildman–Crippen LogP) is 4.90. The number of aryl methyl sites for hydroxylation is 1. The van der Waals surface area contributed by atoms with E-state index in [4.69, 9.17) is 4.52 Å². The van der Waals surface area contributed by atoms with E-state index < -0.39 is 0 Å². The second kappa shape index (κ2) is 8.34. The summed E-state index contributed by atoms with van der Waals surface area (Å²) >= 11 is 0. The Hall–Kier alpha value is -3.48. The van der Waals surface area contributed by atoms with E-state index in [1.165, 1.54) is 12.1 Å². The molecule has 0 bridgehead atoms. The Morgan fingerprint density at radius 3 is 2.65 bits per heavy atom. The highest BCUT2D eigenvalue weighted by atomic mass is 19.1. The molecule has 2 heterocycles. The van der Waals surface area contributed by atoms with Crippen molar-refractivity contribution in [3.05, 3.63) is 71.6 Å². The summed E-state index contributed by atoms with van der Waals surface area (Å²) in [5, 5.41) is 7.55. The van der Waals surface area contributed by atoms with Crippen LogP contribution in [-0.2, 0) is 23.2 Å². The fraction of sp³-hybridized carbons (Fsp3) is 0.292. The van der Waals surface area contributed by atoms with Crippen LogP contribution in [0.25, 0.3) is 22.2 Å². The normalized spacial score (nSPS) is 11.7. The van der Waals surface area contributed by atoms with Crippen LogP contribution in [0.1, 0.15) is 44.5 Å². The van der Waals surface area contributed by atoms with Crippen molar-refractivity contribution in [1.82, 2.24) is 20.4 Å². The number of carbonyl (C=O) groups excluding carboxylic acids is 1. The Kier molecular flexibility index (Phi) is 5.59. The number of H-pyrrole nitrogens is 1. The van der Waals surface area contributed by atoms with E-state index in [0.29, 0.717) is 18.1 Å². The number of fused-ring (bicyclic) bond motifs is 1. The van der Waals surface area contributed by atoms with Crippen molar-refractivity contribution in [3.8, 4) is 11.3 Å². The van der Waals surface area contributed by atoms with Crippen LogP contribution in [0.4, 0.5) is 4.39 Å². The van der Waals surface area contributed by atoms with Crippen LogP contribution in [0.3, 0.4) is 0 Å². The summed E-state index contributed by atoms with van der Waals surface area (Å²) in [5.41, 5.74) is 3.42. The van der Waals surface area contributed by atoms with E-state index in [0.717, 1.165) is 27.7 Å². The Labute approximate surface area is 179 Å². The summed E-state index contributed by atoms with van der Waals surface area (Å²) in [7, 11) is 0. The molecule has 0 radical (unpaired) electrons. The van der Waals surface area contributed by atoms with Gasteiger partial charge in [-0.1, -0.05) is 56.3 Å². The molecule has 0 fully saturated rings. The number of carbonyl (C=O) groups is 1. The standard InChI is InChI=1S/C24H25FN4O2/c1-24(2,3)23-28-20(29-31-23)14-26-21(30)12-10-17-18-13-16(25)9-11-19(18)27-22(17)15-7-5-4-6-8-15/h4-9,11,13,27H,10,12,14H2,1-3H3,(H,26,30). The lowest BCUT2D eigenvalue weighted by Gasteiger charge is -2.10. The molecule has 1 amide bonds. The summed E-state index contributed by atoms with van der Waals surface area (Å²) < 4.78 is 19.2. The minimum absolute atomic E-state index is 0.133. The van der Waals surface area contributed by atoms with Gasteiger partial charge < -0.3 is 14.8 Å². The molecule has 31 heavy (non-hydrogen) atoms. The van der Waals surface area contributed by atoms with Crippen molar-refractivity contribution in [2.45, 2.75) is 45.6 Å². The highest BCUT2D eigenvalue weighted by Crippen LogP contribution is 2.31. The van der Waals surface area contributed by atoms with Gasteiger partial charge in [0.25, 0.3) is 0 Å². The highest BCUT2D eigenvalue weighted by Gasteiger charge is 2.22. The van der Waals surface area contributed by atoms with Crippen LogP contribution in [0.15, 0.2) is 53.1 Å². The highest BCUT2D eigenvalue weighted by molar-refractivity contribution is 5.91. The quantitative estimate of drug-likeness (QED) is 0.465. The zero-order valence-corrected chi connectivity index (χ0v) is 17.8. The first kappa shape index (κ1) is 20.8. The van der Waals surface area contributed by atoms with Crippen molar-refractivity contribution in [2.75, 3.05) is 0 Å². The summed E-state index contributed by atoms with van der Waals surface area (Å²) in [4.78, 5) is 20.2. The molecule has 0 aliphatic rings. The van der Waals surface area contributed by atoms with Gasteiger partial charge >= 0.3 is 0 Å². The first-order valence-corrected chi connectivity index (χ1v) is 10.3. The van der Waals surface area contributed by atoms with Crippen LogP contribution in [0.2, 0.25) is 0 Å². The van der Waals surface area contributed by atoms with Crippen molar-refractivity contribution in [1.29, 1.82) is 0 Å². The molecular formula is C24H25FN4O2. The molecule has 0 atom stereocenters. The minimum Gasteiger partial charge on any atom is -0.354 e. The summed E-state index contributed by atoms with van der Waals surface area (Å²) in [6.45, 7) is 6.15. The number of amides is 1. The molecular weight excluding hydrogens is 395 g/mol. The molecule has 0 saturated heterocycles. The Morgan fingerprint density at radius 1 is 1.16 bits per heavy atom. The Bertz CT molecular complexity index is 1210. The first-order valence-electron chi connectivity index (χ1n) is 10.3. The Balaban J connectivity index is 1.48. The third-order valence-electron chi connectivity index (χ3n) is 5.09. The summed E-state index contributed by atoms with van der Waals surface area (Å²) in [6.07, 6.45) is 0.728. The number of aromatic amines is 1. The van der Waals surface area contributed by atoms with Crippen molar-refractivity contribution < 1.29 is 13.7 Å². The SMILES string of the molecule is CC(C)(C)c1nc(CNC(=O)CCc2c(-c3ccccc3)[nH]c3ccc(F)cc23)no1. The monoisotopic (exact) mass is 420 g/mol. The lowest BCUT2D eigenvalue weighted by molar-refractivity contribution is -0.121. The van der Waals surface area contributed by atoms with Crippen molar-refractivity contribution in [3.63, 3.8) is 0 Å². The van der Waals surface area contributed by atoms with Gasteiger partial charge in [-0.25, -0.2) is 4.39 Å². The second-order valence-electron chi connectivity index (χ2n) is 8.58. The molecule has 2 aromatic heterocycles. The van der Waals surface area contributed by atoms with E-state index in [2.05, 4.69) is 20.4 Å². The van der Waals surface area contributed by atoms with Gasteiger partial charge in [0.1, 0.15) is 5.82 Å². The van der Waals surface area contributed by atoms with Gasteiger partial charge in [0.2, 0.25) is 11.8 Å². The molecule has 7 heteroatoms. The zero-order chi connectivity index (χ0) is 22.0. The predicted molar refractivity (Wildman–Crippen MR) is 117 cm³/mol. The van der Waals surface area contributed by atoms with Crippen molar-refractivity contribution >= 4 is 16.8 Å². The number of nitrogens with zero attached hydrogens (tertiary/aromatic N) is 2. The van der Waals surface area contributed by atoms with E-state index in [1.54, 1.807) is 6.07 Å². The maximum absolute atomic E-state index is 13.9. The molecule has 2 N–H and O–H groups in total. The largest absolute Gasteiger partial charge is 0.354 e. The molecule has 6 nitrogen and oxygen atoms in total. The minimum atomic E-state index is -0.302. The molecule has 160 valence electrons. The molecule has 0 unspecified atom stereocenters. The van der Waals surface area contributed by atoms with Crippen LogP contribution < -0.4 is 5.32 Å². The molecule has 2 aromatic carbocycles. The van der Waals surface area contributed by atoms with E-state index in [9.17, 15) is 9.18 Å². The lowest BCUT2D eigenvalue weighted by atomic mass is 9.97. The maximum Gasteiger partial charge on any atom is 0.232 e. The topological polar surface area (TPSA) is 83.8 Å². The van der Waals surface area contributed by atoms with Gasteiger partial charge in [0, 0.05) is 28.4 Å². The van der Waals surface area contributed by atoms with Crippen LogP contribution in [-0.4, -0.2) is 21.0 Å². The van der Waals surface area contributed by atoms with E-state index >= 15 is 0 Å². The summed E-state index contributed by atoms with van der Waals surface area (Å²) in [6, 6.07) is 14.5. The number of aromatic nitrogens is 3. The summed E-state index contributed by atoms with van der Waals surface area (Å²) in [5.74, 6) is 0.540. The van der Waals surface area contributed by atoms with Gasteiger partial charge in [0.05, 0.1) is 6.54 Å². The van der Waals surface area contributed by atoms with E-state index in [1.807, 2.05) is 51.1 Å². The number of rotatable bonds is 6. The fourth-order valence-corrected chi connectivity index (χ4v) is 3.47. The van der Waals surface area contributed by atoms with Gasteiger partial charge in [-0.15, -0.1) is 0 Å². The van der Waals surface area contributed by atoms with Gasteiger partial charge in [-0.2, -0.15) is 4.98 Å². The molecule has 4 rings (SSSR count). The van der Waals surface area contributed by atoms with Gasteiger partial charge in [0.15, 0.2) is 5.82 Å². The molecule has 0 aliphatic heterocycles. The zero-order valence-electron chi connectivity index (χ0n) is 17.8. The number of hydrogen-bond donors (Lipinski definition) is 2.